The average Bonchev–Trinajstić information content (AvgIpc) is 3.60. The fourth-order valence-corrected chi connectivity index (χ4v) is 4.74. The molecule has 0 unspecified atom stereocenters. The van der Waals surface area contributed by atoms with Crippen LogP contribution in [0.15, 0.2) is 48.5 Å². The fourth-order valence-electron chi connectivity index (χ4n) is 4.74. The molecule has 2 aromatic rings. The lowest BCUT2D eigenvalue weighted by molar-refractivity contribution is -0.143. The van der Waals surface area contributed by atoms with Crippen molar-refractivity contribution in [2.75, 3.05) is 26.2 Å². The molecule has 178 valence electrons. The second-order valence-corrected chi connectivity index (χ2v) is 9.80. The minimum atomic E-state index is -1.17. The number of halogens is 1. The largest absolute Gasteiger partial charge is 0.380 e. The van der Waals surface area contributed by atoms with Gasteiger partial charge in [-0.3, -0.25) is 14.4 Å². The third-order valence-corrected chi connectivity index (χ3v) is 7.28. The Morgan fingerprint density at radius 1 is 0.912 bits per heavy atom. The number of alkyl halides is 1. The molecule has 0 aromatic heterocycles. The zero-order chi connectivity index (χ0) is 23.9. The number of hydrogen-bond acceptors (Lipinski definition) is 4. The third-order valence-electron chi connectivity index (χ3n) is 7.28. The van der Waals surface area contributed by atoms with Gasteiger partial charge in [-0.2, -0.15) is 0 Å². The Labute approximate surface area is 198 Å². The van der Waals surface area contributed by atoms with Crippen LogP contribution in [0.5, 0.6) is 0 Å². The fraction of sp³-hybridized carbons (Fsp3) is 0.444. The summed E-state index contributed by atoms with van der Waals surface area (Å²) in [5.41, 5.74) is 2.24. The van der Waals surface area contributed by atoms with Crippen LogP contribution in [0.3, 0.4) is 0 Å². The topological polar surface area (TPSA) is 77.9 Å². The van der Waals surface area contributed by atoms with Crippen molar-refractivity contribution >= 4 is 17.6 Å². The summed E-state index contributed by atoms with van der Waals surface area (Å²) < 4.78 is 13.1. The smallest absolute Gasteiger partial charge is 0.254 e. The molecule has 3 aliphatic rings. The number of carbonyl (C=O) groups is 3. The summed E-state index contributed by atoms with van der Waals surface area (Å²) >= 11 is 0. The maximum absolute atomic E-state index is 13.1. The molecule has 0 spiro atoms. The van der Waals surface area contributed by atoms with E-state index in [-0.39, 0.29) is 23.5 Å². The first-order valence-corrected chi connectivity index (χ1v) is 12.0. The van der Waals surface area contributed by atoms with Crippen molar-refractivity contribution in [3.8, 4) is 11.1 Å². The predicted molar refractivity (Wildman–Crippen MR) is 125 cm³/mol. The number of piperazine rings is 1. The summed E-state index contributed by atoms with van der Waals surface area (Å²) in [5.74, 6) is -0.343. The molecular formula is C27H29FN2O4. The van der Waals surface area contributed by atoms with Gasteiger partial charge in [-0.05, 0) is 54.5 Å². The summed E-state index contributed by atoms with van der Waals surface area (Å²) in [6.07, 6.45) is 1.23. The molecule has 5 rings (SSSR count). The lowest BCUT2D eigenvalue weighted by Gasteiger charge is -2.35. The lowest BCUT2D eigenvalue weighted by Crippen LogP contribution is -2.53. The van der Waals surface area contributed by atoms with Crippen LogP contribution in [0, 0.1) is 5.92 Å². The Balaban J connectivity index is 1.19. The highest BCUT2D eigenvalue weighted by atomic mass is 19.1. The maximum Gasteiger partial charge on any atom is 0.254 e. The van der Waals surface area contributed by atoms with Crippen LogP contribution in [0.2, 0.25) is 0 Å². The van der Waals surface area contributed by atoms with Crippen LogP contribution in [0.25, 0.3) is 11.1 Å². The highest BCUT2D eigenvalue weighted by Gasteiger charge is 2.50. The van der Waals surface area contributed by atoms with Crippen LogP contribution in [-0.2, 0) is 16.0 Å². The Kier molecular flexibility index (Phi) is 5.98. The van der Waals surface area contributed by atoms with E-state index in [0.717, 1.165) is 16.7 Å². The SMILES string of the molecule is O=C(Cc1cccc(-c2ccc(C(=O)N3CCN(C(=O)C4(O)CC4)CC3)cc2)c1)C1CC(F)C1. The summed E-state index contributed by atoms with van der Waals surface area (Å²) in [6, 6.07) is 15.2. The molecule has 2 saturated carbocycles. The molecule has 1 N–H and O–H groups in total. The van der Waals surface area contributed by atoms with Gasteiger partial charge < -0.3 is 14.9 Å². The molecule has 2 amide bonds. The first-order chi connectivity index (χ1) is 16.3. The summed E-state index contributed by atoms with van der Waals surface area (Å²) in [5, 5.41) is 10.0. The van der Waals surface area contributed by atoms with Crippen LogP contribution < -0.4 is 0 Å². The van der Waals surface area contributed by atoms with Gasteiger partial charge in [-0.15, -0.1) is 0 Å². The zero-order valence-electron chi connectivity index (χ0n) is 19.1. The predicted octanol–water partition coefficient (Wildman–Crippen LogP) is 3.02. The number of carbonyl (C=O) groups excluding carboxylic acids is 3. The van der Waals surface area contributed by atoms with Gasteiger partial charge in [0, 0.05) is 44.1 Å². The van der Waals surface area contributed by atoms with Crippen LogP contribution in [0.1, 0.15) is 41.6 Å². The Morgan fingerprint density at radius 3 is 2.18 bits per heavy atom. The highest BCUT2D eigenvalue weighted by molar-refractivity contribution is 5.95. The first-order valence-electron chi connectivity index (χ1n) is 12.0. The normalized spacial score (nSPS) is 23.2. The monoisotopic (exact) mass is 464 g/mol. The number of rotatable bonds is 6. The third kappa shape index (κ3) is 4.62. The van der Waals surface area contributed by atoms with E-state index in [4.69, 9.17) is 0 Å². The van der Waals surface area contributed by atoms with E-state index in [2.05, 4.69) is 0 Å². The van der Waals surface area contributed by atoms with E-state index in [1.54, 1.807) is 21.9 Å². The molecule has 6 nitrogen and oxygen atoms in total. The van der Waals surface area contributed by atoms with Crippen molar-refractivity contribution < 1.29 is 23.9 Å². The molecule has 2 aliphatic carbocycles. The molecule has 3 fully saturated rings. The maximum atomic E-state index is 13.1. The van der Waals surface area contributed by atoms with Gasteiger partial charge in [0.15, 0.2) is 0 Å². The molecule has 1 saturated heterocycles. The second-order valence-electron chi connectivity index (χ2n) is 9.80. The van der Waals surface area contributed by atoms with E-state index in [0.29, 0.717) is 63.8 Å². The molecule has 0 atom stereocenters. The molecule has 34 heavy (non-hydrogen) atoms. The second kappa shape index (κ2) is 8.95. The average molecular weight is 465 g/mol. The Hall–Kier alpha value is -3.06. The number of amides is 2. The number of aliphatic hydroxyl groups is 1. The lowest BCUT2D eigenvalue weighted by atomic mass is 9.78. The first kappa shape index (κ1) is 22.7. The van der Waals surface area contributed by atoms with Gasteiger partial charge in [0.2, 0.25) is 0 Å². The number of benzene rings is 2. The number of ketones is 1. The van der Waals surface area contributed by atoms with Crippen molar-refractivity contribution in [3.63, 3.8) is 0 Å². The molecular weight excluding hydrogens is 435 g/mol. The number of nitrogens with zero attached hydrogens (tertiary/aromatic N) is 2. The van der Waals surface area contributed by atoms with E-state index in [9.17, 15) is 23.9 Å². The van der Waals surface area contributed by atoms with E-state index in [1.807, 2.05) is 36.4 Å². The summed E-state index contributed by atoms with van der Waals surface area (Å²) in [6.45, 7) is 1.76. The molecule has 0 bridgehead atoms. The van der Waals surface area contributed by atoms with Gasteiger partial charge in [0.1, 0.15) is 17.6 Å². The van der Waals surface area contributed by atoms with Crippen molar-refractivity contribution in [2.24, 2.45) is 5.92 Å². The van der Waals surface area contributed by atoms with Crippen molar-refractivity contribution in [2.45, 2.75) is 43.9 Å². The molecule has 2 aromatic carbocycles. The zero-order valence-corrected chi connectivity index (χ0v) is 19.1. The number of Topliss-reactive ketones (excluding diaryl/α,β-unsaturated/α-hetero) is 1. The van der Waals surface area contributed by atoms with Gasteiger partial charge in [0.05, 0.1) is 0 Å². The van der Waals surface area contributed by atoms with Crippen molar-refractivity contribution in [1.82, 2.24) is 9.80 Å². The summed E-state index contributed by atoms with van der Waals surface area (Å²) in [4.78, 5) is 40.9. The van der Waals surface area contributed by atoms with Crippen molar-refractivity contribution in [3.05, 3.63) is 59.7 Å². The quantitative estimate of drug-likeness (QED) is 0.713. The van der Waals surface area contributed by atoms with E-state index >= 15 is 0 Å². The molecule has 0 radical (unpaired) electrons. The molecule has 1 heterocycles. The van der Waals surface area contributed by atoms with Crippen LogP contribution >= 0.6 is 0 Å². The molecule has 7 heteroatoms. The highest BCUT2D eigenvalue weighted by Crippen LogP contribution is 2.37. The van der Waals surface area contributed by atoms with Gasteiger partial charge >= 0.3 is 0 Å². The van der Waals surface area contributed by atoms with Crippen molar-refractivity contribution in [1.29, 1.82) is 0 Å². The Bertz CT molecular complexity index is 1100. The van der Waals surface area contributed by atoms with E-state index < -0.39 is 11.8 Å². The van der Waals surface area contributed by atoms with Crippen LogP contribution in [-0.4, -0.2) is 70.5 Å². The molecule has 1 aliphatic heterocycles. The Morgan fingerprint density at radius 2 is 1.56 bits per heavy atom. The van der Waals surface area contributed by atoms with Gasteiger partial charge in [-0.25, -0.2) is 4.39 Å². The van der Waals surface area contributed by atoms with Gasteiger partial charge in [0.25, 0.3) is 11.8 Å². The summed E-state index contributed by atoms with van der Waals surface area (Å²) in [7, 11) is 0. The standard InChI is InChI=1S/C27H29FN2O4/c28-23-16-22(17-23)24(31)15-18-2-1-3-21(14-18)19-4-6-20(7-5-19)25(32)29-10-12-30(13-11-29)26(33)27(34)8-9-27/h1-7,14,22-23,34H,8-13,15-17H2. The minimum Gasteiger partial charge on any atom is -0.380 e. The van der Waals surface area contributed by atoms with Gasteiger partial charge in [-0.1, -0.05) is 36.4 Å². The minimum absolute atomic E-state index is 0.0743. The van der Waals surface area contributed by atoms with Crippen LogP contribution in [0.4, 0.5) is 4.39 Å². The van der Waals surface area contributed by atoms with E-state index in [1.165, 1.54) is 0 Å². The number of hydrogen-bond donors (Lipinski definition) is 1.